The third kappa shape index (κ3) is 2.82. The van der Waals surface area contributed by atoms with E-state index in [1.165, 1.54) is 6.92 Å². The van der Waals surface area contributed by atoms with E-state index < -0.39 is 24.5 Å². The first-order chi connectivity index (χ1) is 5.84. The normalized spacial score (nSPS) is 14.4. The van der Waals surface area contributed by atoms with Gasteiger partial charge >= 0.3 is 18.3 Å². The maximum absolute atomic E-state index is 12.3. The molecule has 0 radical (unpaired) electrons. The van der Waals surface area contributed by atoms with Gasteiger partial charge in [0.2, 0.25) is 0 Å². The van der Waals surface area contributed by atoms with Crippen molar-refractivity contribution in [1.82, 2.24) is 0 Å². The van der Waals surface area contributed by atoms with E-state index in [9.17, 15) is 26.7 Å². The number of esters is 1. The minimum Gasteiger partial charge on any atom is -0.464 e. The Labute approximate surface area is 70.7 Å². The summed E-state index contributed by atoms with van der Waals surface area (Å²) in [6, 6.07) is 0. The minimum atomic E-state index is -4.99. The van der Waals surface area contributed by atoms with Crippen molar-refractivity contribution < 1.29 is 31.5 Å². The zero-order valence-electron chi connectivity index (χ0n) is 6.57. The third-order valence-electron chi connectivity index (χ3n) is 1.12. The van der Waals surface area contributed by atoms with E-state index in [2.05, 4.69) is 4.74 Å². The molecule has 0 aliphatic rings. The Hall–Kier alpha value is -0.880. The second-order valence-electron chi connectivity index (χ2n) is 2.09. The summed E-state index contributed by atoms with van der Waals surface area (Å²) in [5, 5.41) is 0. The maximum Gasteiger partial charge on any atom is 0.348 e. The molecule has 0 aromatic carbocycles. The summed E-state index contributed by atoms with van der Waals surface area (Å²) in [6.45, 7) is 0.893. The number of hydrogen-bond acceptors (Lipinski definition) is 2. The highest BCUT2D eigenvalue weighted by atomic mass is 19.3. The summed E-state index contributed by atoms with van der Waals surface area (Å²) in [5.74, 6) is -6.97. The molecule has 1 atom stereocenters. The van der Waals surface area contributed by atoms with Crippen LogP contribution in [0.4, 0.5) is 22.0 Å². The van der Waals surface area contributed by atoms with E-state index in [-0.39, 0.29) is 6.61 Å². The molecule has 0 rings (SSSR count). The highest BCUT2D eigenvalue weighted by Crippen LogP contribution is 2.29. The number of rotatable bonds is 4. The van der Waals surface area contributed by atoms with Crippen LogP contribution in [-0.4, -0.2) is 31.1 Å². The van der Waals surface area contributed by atoms with Gasteiger partial charge < -0.3 is 4.74 Å². The van der Waals surface area contributed by atoms with Gasteiger partial charge in [0.1, 0.15) is 0 Å². The molecule has 0 aromatic heterocycles. The monoisotopic (exact) mass is 206 g/mol. The van der Waals surface area contributed by atoms with Crippen molar-refractivity contribution in [3.05, 3.63) is 0 Å². The first kappa shape index (κ1) is 12.1. The molecule has 0 saturated carbocycles. The van der Waals surface area contributed by atoms with Gasteiger partial charge in [0.15, 0.2) is 0 Å². The molecule has 0 N–H and O–H groups in total. The number of alkyl halides is 5. The Morgan fingerprint density at radius 1 is 1.38 bits per heavy atom. The predicted octanol–water partition coefficient (Wildman–Crippen LogP) is 1.79. The Morgan fingerprint density at radius 3 is 2.15 bits per heavy atom. The van der Waals surface area contributed by atoms with Gasteiger partial charge in [-0.15, -0.1) is 0 Å². The lowest BCUT2D eigenvalue weighted by Crippen LogP contribution is -2.43. The lowest BCUT2D eigenvalue weighted by molar-refractivity contribution is -0.193. The quantitative estimate of drug-likeness (QED) is 0.517. The third-order valence-corrected chi connectivity index (χ3v) is 1.12. The van der Waals surface area contributed by atoms with Crippen LogP contribution in [0.1, 0.15) is 6.92 Å². The molecule has 1 unspecified atom stereocenters. The van der Waals surface area contributed by atoms with Crippen molar-refractivity contribution in [3.8, 4) is 0 Å². The molecule has 0 aliphatic carbocycles. The van der Waals surface area contributed by atoms with Crippen LogP contribution in [0.5, 0.6) is 0 Å². The number of halogens is 5. The van der Waals surface area contributed by atoms with Crippen LogP contribution in [0.3, 0.4) is 0 Å². The fourth-order valence-electron chi connectivity index (χ4n) is 0.483. The molecule has 0 amide bonds. The van der Waals surface area contributed by atoms with Gasteiger partial charge in [-0.1, -0.05) is 0 Å². The summed E-state index contributed by atoms with van der Waals surface area (Å²) in [4.78, 5) is 10.3. The summed E-state index contributed by atoms with van der Waals surface area (Å²) in [7, 11) is 0. The summed E-state index contributed by atoms with van der Waals surface area (Å²) in [6.07, 6.45) is -7.85. The van der Waals surface area contributed by atoms with Crippen molar-refractivity contribution >= 4 is 5.97 Å². The summed E-state index contributed by atoms with van der Waals surface area (Å²) in [5.41, 5.74) is 0. The van der Waals surface area contributed by atoms with Gasteiger partial charge in [-0.3, -0.25) is 0 Å². The molecule has 13 heavy (non-hydrogen) atoms. The molecule has 0 bridgehead atoms. The second kappa shape index (κ2) is 4.38. The van der Waals surface area contributed by atoms with Gasteiger partial charge in [-0.25, -0.2) is 18.0 Å². The van der Waals surface area contributed by atoms with Crippen LogP contribution in [0.15, 0.2) is 0 Å². The van der Waals surface area contributed by atoms with Crippen LogP contribution in [0.25, 0.3) is 0 Å². The van der Waals surface area contributed by atoms with Crippen LogP contribution in [-0.2, 0) is 9.53 Å². The maximum atomic E-state index is 12.3. The molecule has 2 nitrogen and oxygen atoms in total. The smallest absolute Gasteiger partial charge is 0.348 e. The highest BCUT2D eigenvalue weighted by Gasteiger charge is 2.54. The van der Waals surface area contributed by atoms with Gasteiger partial charge in [-0.05, 0) is 6.92 Å². The number of carbonyl (C=O) groups is 1. The van der Waals surface area contributed by atoms with Crippen LogP contribution in [0.2, 0.25) is 0 Å². The Morgan fingerprint density at radius 2 is 1.85 bits per heavy atom. The first-order valence-corrected chi connectivity index (χ1v) is 3.30. The number of ether oxygens (including phenoxy) is 1. The predicted molar refractivity (Wildman–Crippen MR) is 32.5 cm³/mol. The Bertz CT molecular complexity index is 182. The average molecular weight is 206 g/mol. The lowest BCUT2D eigenvalue weighted by Gasteiger charge is -2.17. The van der Waals surface area contributed by atoms with E-state index in [1.54, 1.807) is 0 Å². The van der Waals surface area contributed by atoms with Gasteiger partial charge in [0, 0.05) is 0 Å². The fourth-order valence-corrected chi connectivity index (χ4v) is 0.483. The van der Waals surface area contributed by atoms with E-state index in [1.807, 2.05) is 0 Å². The van der Waals surface area contributed by atoms with Crippen LogP contribution in [0, 0.1) is 0 Å². The average Bonchev–Trinajstić information content (AvgIpc) is 2.03. The topological polar surface area (TPSA) is 26.3 Å². The number of hydrogen-bond donors (Lipinski definition) is 0. The van der Waals surface area contributed by atoms with Gasteiger partial charge in [0.25, 0.3) is 6.17 Å². The molecule has 78 valence electrons. The van der Waals surface area contributed by atoms with E-state index >= 15 is 0 Å². The molecular formula is C6H7F5O2. The molecule has 0 aromatic rings. The summed E-state index contributed by atoms with van der Waals surface area (Å²) >= 11 is 0. The van der Waals surface area contributed by atoms with Crippen LogP contribution < -0.4 is 0 Å². The van der Waals surface area contributed by atoms with E-state index in [0.717, 1.165) is 0 Å². The molecule has 0 fully saturated rings. The fraction of sp³-hybridized carbons (Fsp3) is 0.833. The number of carbonyl (C=O) groups excluding carboxylic acids is 1. The zero-order chi connectivity index (χ0) is 10.6. The van der Waals surface area contributed by atoms with Gasteiger partial charge in [0.05, 0.1) is 6.61 Å². The molecular weight excluding hydrogens is 199 g/mol. The van der Waals surface area contributed by atoms with E-state index in [4.69, 9.17) is 0 Å². The molecule has 7 heteroatoms. The molecule has 0 spiro atoms. The SMILES string of the molecule is CCOC(=O)C(F)C(F)(F)C(F)F. The first-order valence-electron chi connectivity index (χ1n) is 3.30. The van der Waals surface area contributed by atoms with Crippen molar-refractivity contribution in [2.75, 3.05) is 6.61 Å². The lowest BCUT2D eigenvalue weighted by atomic mass is 10.2. The molecule has 0 aliphatic heterocycles. The van der Waals surface area contributed by atoms with Crippen molar-refractivity contribution in [3.63, 3.8) is 0 Å². The van der Waals surface area contributed by atoms with Crippen molar-refractivity contribution in [2.45, 2.75) is 25.4 Å². The van der Waals surface area contributed by atoms with Crippen LogP contribution >= 0.6 is 0 Å². The zero-order valence-corrected chi connectivity index (χ0v) is 6.57. The Kier molecular flexibility index (Phi) is 4.09. The summed E-state index contributed by atoms with van der Waals surface area (Å²) < 4.78 is 63.2. The van der Waals surface area contributed by atoms with Crippen molar-refractivity contribution in [1.29, 1.82) is 0 Å². The molecule has 0 saturated heterocycles. The minimum absolute atomic E-state index is 0.349. The molecule has 0 heterocycles. The Balaban J connectivity index is 4.39. The van der Waals surface area contributed by atoms with E-state index in [0.29, 0.717) is 0 Å². The second-order valence-corrected chi connectivity index (χ2v) is 2.09. The largest absolute Gasteiger partial charge is 0.464 e. The van der Waals surface area contributed by atoms with Gasteiger partial charge in [-0.2, -0.15) is 8.78 Å². The highest BCUT2D eigenvalue weighted by molar-refractivity contribution is 5.75. The standard InChI is InChI=1S/C6H7F5O2/c1-2-13-4(12)3(7)6(10,11)5(8)9/h3,5H,2H2,1H3. The van der Waals surface area contributed by atoms with Crippen molar-refractivity contribution in [2.24, 2.45) is 0 Å².